The molecule has 0 saturated carbocycles. The summed E-state index contributed by atoms with van der Waals surface area (Å²) in [6.45, 7) is 1.000. The number of aryl methyl sites for hydroxylation is 1. The molecule has 0 aliphatic carbocycles. The third-order valence-electron chi connectivity index (χ3n) is 4.05. The molecule has 1 aromatic rings. The predicted molar refractivity (Wildman–Crippen MR) is 88.3 cm³/mol. The Labute approximate surface area is 136 Å². The summed E-state index contributed by atoms with van der Waals surface area (Å²) in [5.74, 6) is -0.328. The molecule has 128 valence electrons. The second-order valence-electron chi connectivity index (χ2n) is 6.20. The van der Waals surface area contributed by atoms with Crippen LogP contribution >= 0.6 is 0 Å². The second-order valence-corrected chi connectivity index (χ2v) is 8.43. The number of aromatic nitrogens is 1. The van der Waals surface area contributed by atoms with E-state index in [9.17, 15) is 18.0 Å². The molecule has 0 aromatic carbocycles. The number of likely N-dealkylation sites (N-methyl/N-ethyl adjacent to an activating group) is 1. The lowest BCUT2D eigenvalue weighted by atomic mass is 10.1. The van der Waals surface area contributed by atoms with Crippen LogP contribution in [-0.2, 0) is 16.9 Å². The molecular formula is C15H23N3O4S. The minimum Gasteiger partial charge on any atom is -0.333 e. The first-order valence-corrected chi connectivity index (χ1v) is 9.35. The van der Waals surface area contributed by atoms with E-state index in [1.807, 2.05) is 19.0 Å². The average molecular weight is 341 g/mol. The van der Waals surface area contributed by atoms with Gasteiger partial charge in [-0.3, -0.25) is 9.59 Å². The zero-order chi connectivity index (χ0) is 17.2. The van der Waals surface area contributed by atoms with Gasteiger partial charge >= 0.3 is 0 Å². The number of pyridine rings is 1. The maximum absolute atomic E-state index is 12.8. The van der Waals surface area contributed by atoms with Gasteiger partial charge in [0.15, 0.2) is 9.84 Å². The summed E-state index contributed by atoms with van der Waals surface area (Å²) in [7, 11) is 2.25. The zero-order valence-electron chi connectivity index (χ0n) is 13.7. The lowest BCUT2D eigenvalue weighted by molar-refractivity contribution is 0.0681. The first-order chi connectivity index (χ1) is 10.7. The SMILES string of the molecule is CN(C)CCN(C(=O)c1cccn(C)c1=O)C1CCS(=O)(=O)C1. The maximum atomic E-state index is 12.8. The van der Waals surface area contributed by atoms with Crippen LogP contribution in [0.1, 0.15) is 16.8 Å². The molecule has 1 aliphatic rings. The first-order valence-electron chi connectivity index (χ1n) is 7.53. The number of nitrogens with zero attached hydrogens (tertiary/aromatic N) is 3. The Hall–Kier alpha value is -1.67. The average Bonchev–Trinajstić information content (AvgIpc) is 2.81. The molecule has 1 aromatic heterocycles. The van der Waals surface area contributed by atoms with Crippen LogP contribution in [0.25, 0.3) is 0 Å². The summed E-state index contributed by atoms with van der Waals surface area (Å²) < 4.78 is 24.8. The van der Waals surface area contributed by atoms with Crippen molar-refractivity contribution >= 4 is 15.7 Å². The summed E-state index contributed by atoms with van der Waals surface area (Å²) in [5, 5.41) is 0. The Morgan fingerprint density at radius 1 is 1.35 bits per heavy atom. The van der Waals surface area contributed by atoms with Crippen LogP contribution in [0, 0.1) is 0 Å². The maximum Gasteiger partial charge on any atom is 0.263 e. The summed E-state index contributed by atoms with van der Waals surface area (Å²) in [4.78, 5) is 28.5. The van der Waals surface area contributed by atoms with Gasteiger partial charge in [0.05, 0.1) is 11.5 Å². The molecule has 1 unspecified atom stereocenters. The van der Waals surface area contributed by atoms with Gasteiger partial charge in [-0.05, 0) is 32.6 Å². The molecule has 1 fully saturated rings. The van der Waals surface area contributed by atoms with E-state index in [1.165, 1.54) is 10.6 Å². The summed E-state index contributed by atoms with van der Waals surface area (Å²) in [6.07, 6.45) is 2.01. The molecule has 1 aliphatic heterocycles. The van der Waals surface area contributed by atoms with Crippen LogP contribution in [0.15, 0.2) is 23.1 Å². The van der Waals surface area contributed by atoms with Gasteiger partial charge in [0, 0.05) is 32.4 Å². The highest BCUT2D eigenvalue weighted by molar-refractivity contribution is 7.91. The first kappa shape index (κ1) is 17.7. The number of hydrogen-bond donors (Lipinski definition) is 0. The highest BCUT2D eigenvalue weighted by Crippen LogP contribution is 2.19. The fraction of sp³-hybridized carbons (Fsp3) is 0.600. The standard InChI is InChI=1S/C15H23N3O4S/c1-16(2)8-9-18(12-6-10-23(21,22)11-12)15(20)13-5-4-7-17(3)14(13)19/h4-5,7,12H,6,8-11H2,1-3H3. The van der Waals surface area contributed by atoms with Crippen molar-refractivity contribution in [3.63, 3.8) is 0 Å². The van der Waals surface area contributed by atoms with Gasteiger partial charge in [-0.1, -0.05) is 0 Å². The predicted octanol–water partition coefficient (Wildman–Crippen LogP) is -0.424. The lowest BCUT2D eigenvalue weighted by Gasteiger charge is -2.29. The van der Waals surface area contributed by atoms with Gasteiger partial charge in [0.1, 0.15) is 5.56 Å². The van der Waals surface area contributed by atoms with Crippen molar-refractivity contribution in [2.75, 3.05) is 38.7 Å². The second kappa shape index (κ2) is 6.84. The largest absolute Gasteiger partial charge is 0.333 e. The molecule has 7 nitrogen and oxygen atoms in total. The van der Waals surface area contributed by atoms with E-state index >= 15 is 0 Å². The number of carbonyl (C=O) groups excluding carboxylic acids is 1. The van der Waals surface area contributed by atoms with Crippen molar-refractivity contribution in [1.82, 2.24) is 14.4 Å². The number of carbonyl (C=O) groups is 1. The number of hydrogen-bond acceptors (Lipinski definition) is 5. The Morgan fingerprint density at radius 2 is 2.04 bits per heavy atom. The lowest BCUT2D eigenvalue weighted by Crippen LogP contribution is -2.46. The van der Waals surface area contributed by atoms with Crippen LogP contribution in [0.5, 0.6) is 0 Å². The molecule has 1 atom stereocenters. The topological polar surface area (TPSA) is 79.7 Å². The van der Waals surface area contributed by atoms with Gasteiger partial charge < -0.3 is 14.4 Å². The van der Waals surface area contributed by atoms with E-state index in [0.717, 1.165) is 0 Å². The van der Waals surface area contributed by atoms with Crippen molar-refractivity contribution in [3.8, 4) is 0 Å². The van der Waals surface area contributed by atoms with E-state index in [4.69, 9.17) is 0 Å². The smallest absolute Gasteiger partial charge is 0.263 e. The third kappa shape index (κ3) is 4.20. The Kier molecular flexibility index (Phi) is 5.26. The fourth-order valence-electron chi connectivity index (χ4n) is 2.69. The van der Waals surface area contributed by atoms with Gasteiger partial charge in [-0.25, -0.2) is 8.42 Å². The molecule has 23 heavy (non-hydrogen) atoms. The summed E-state index contributed by atoms with van der Waals surface area (Å²) >= 11 is 0. The molecule has 2 rings (SSSR count). The van der Waals surface area contributed by atoms with Crippen molar-refractivity contribution < 1.29 is 13.2 Å². The molecule has 0 spiro atoms. The molecule has 0 N–H and O–H groups in total. The molecule has 1 saturated heterocycles. The quantitative estimate of drug-likeness (QED) is 0.726. The normalized spacial score (nSPS) is 19.9. The summed E-state index contributed by atoms with van der Waals surface area (Å²) in [6, 6.07) is 2.78. The Balaban J connectivity index is 2.31. The Bertz CT molecular complexity index is 739. The minimum atomic E-state index is -3.10. The van der Waals surface area contributed by atoms with Crippen molar-refractivity contribution in [2.45, 2.75) is 12.5 Å². The van der Waals surface area contributed by atoms with Crippen LogP contribution in [-0.4, -0.2) is 73.4 Å². The summed E-state index contributed by atoms with van der Waals surface area (Å²) in [5.41, 5.74) is -0.286. The molecule has 0 radical (unpaired) electrons. The van der Waals surface area contributed by atoms with Crippen LogP contribution in [0.3, 0.4) is 0 Å². The monoisotopic (exact) mass is 341 g/mol. The van der Waals surface area contributed by atoms with Gasteiger partial charge in [0.2, 0.25) is 0 Å². The molecular weight excluding hydrogens is 318 g/mol. The minimum absolute atomic E-state index is 0.0285. The van der Waals surface area contributed by atoms with E-state index in [0.29, 0.717) is 19.5 Å². The van der Waals surface area contributed by atoms with E-state index in [-0.39, 0.29) is 28.7 Å². The van der Waals surface area contributed by atoms with Crippen LogP contribution in [0.4, 0.5) is 0 Å². The number of rotatable bonds is 5. The van der Waals surface area contributed by atoms with Gasteiger partial charge in [-0.15, -0.1) is 0 Å². The molecule has 2 heterocycles. The third-order valence-corrected chi connectivity index (χ3v) is 5.80. The van der Waals surface area contributed by atoms with Gasteiger partial charge in [0.25, 0.3) is 11.5 Å². The van der Waals surface area contributed by atoms with Crippen LogP contribution in [0.2, 0.25) is 0 Å². The van der Waals surface area contributed by atoms with Crippen molar-refractivity contribution in [3.05, 3.63) is 34.2 Å². The highest BCUT2D eigenvalue weighted by atomic mass is 32.2. The fourth-order valence-corrected chi connectivity index (χ4v) is 4.42. The van der Waals surface area contributed by atoms with E-state index in [2.05, 4.69) is 0 Å². The van der Waals surface area contributed by atoms with Crippen molar-refractivity contribution in [2.24, 2.45) is 7.05 Å². The van der Waals surface area contributed by atoms with Crippen molar-refractivity contribution in [1.29, 1.82) is 0 Å². The Morgan fingerprint density at radius 3 is 2.61 bits per heavy atom. The molecule has 0 bridgehead atoms. The van der Waals surface area contributed by atoms with E-state index in [1.54, 1.807) is 24.2 Å². The molecule has 8 heteroatoms. The molecule has 1 amide bonds. The number of amides is 1. The van der Waals surface area contributed by atoms with E-state index < -0.39 is 15.7 Å². The van der Waals surface area contributed by atoms with Crippen LogP contribution < -0.4 is 5.56 Å². The highest BCUT2D eigenvalue weighted by Gasteiger charge is 2.35. The van der Waals surface area contributed by atoms with Gasteiger partial charge in [-0.2, -0.15) is 0 Å². The number of sulfone groups is 1. The zero-order valence-corrected chi connectivity index (χ0v) is 14.5.